The molecule has 0 aromatic heterocycles. The minimum Gasteiger partial charge on any atom is -0.342 e. The third-order valence-electron chi connectivity index (χ3n) is 3.66. The van der Waals surface area contributed by atoms with Crippen molar-refractivity contribution < 1.29 is 4.79 Å². The summed E-state index contributed by atoms with van der Waals surface area (Å²) in [4.78, 5) is 18.2. The molecule has 4 heteroatoms. The van der Waals surface area contributed by atoms with Gasteiger partial charge in [0.05, 0.1) is 0 Å². The van der Waals surface area contributed by atoms with Gasteiger partial charge < -0.3 is 14.7 Å². The molecule has 1 saturated heterocycles. The molecule has 1 amide bonds. The molecule has 1 heterocycles. The van der Waals surface area contributed by atoms with Crippen molar-refractivity contribution in [1.29, 1.82) is 0 Å². The summed E-state index contributed by atoms with van der Waals surface area (Å²) < 4.78 is 0. The molecule has 100 valence electrons. The lowest BCUT2D eigenvalue weighted by atomic mass is 10.3. The highest BCUT2D eigenvalue weighted by atomic mass is 16.2. The fourth-order valence-electron chi connectivity index (χ4n) is 2.33. The van der Waals surface area contributed by atoms with E-state index in [2.05, 4.69) is 23.6 Å². The Balaban J connectivity index is 2.29. The van der Waals surface area contributed by atoms with Crippen molar-refractivity contribution in [2.24, 2.45) is 0 Å². The van der Waals surface area contributed by atoms with E-state index in [1.807, 2.05) is 4.90 Å². The molecule has 0 aromatic rings. The molecule has 0 spiro atoms. The van der Waals surface area contributed by atoms with Crippen LogP contribution in [-0.4, -0.2) is 73.0 Å². The van der Waals surface area contributed by atoms with Gasteiger partial charge in [-0.05, 0) is 26.1 Å². The van der Waals surface area contributed by atoms with Gasteiger partial charge in [-0.2, -0.15) is 0 Å². The second kappa shape index (κ2) is 7.67. The molecule has 1 aliphatic rings. The first-order chi connectivity index (χ1) is 8.17. The number of carbonyl (C=O) groups is 1. The molecule has 0 N–H and O–H groups in total. The predicted molar refractivity (Wildman–Crippen MR) is 71.1 cm³/mol. The Labute approximate surface area is 106 Å². The SMILES string of the molecule is CCN(CC)CCN1CCCN(C(C)=O)CC1. The van der Waals surface area contributed by atoms with Gasteiger partial charge >= 0.3 is 0 Å². The van der Waals surface area contributed by atoms with Crippen molar-refractivity contribution >= 4 is 5.91 Å². The Morgan fingerprint density at radius 1 is 1.12 bits per heavy atom. The van der Waals surface area contributed by atoms with E-state index in [4.69, 9.17) is 0 Å². The van der Waals surface area contributed by atoms with Gasteiger partial charge in [0.2, 0.25) is 5.91 Å². The fraction of sp³-hybridized carbons (Fsp3) is 0.923. The van der Waals surface area contributed by atoms with Crippen LogP contribution in [0.5, 0.6) is 0 Å². The molecule has 1 aliphatic heterocycles. The summed E-state index contributed by atoms with van der Waals surface area (Å²) in [5, 5.41) is 0. The maximum Gasteiger partial charge on any atom is 0.219 e. The summed E-state index contributed by atoms with van der Waals surface area (Å²) in [6, 6.07) is 0. The Bertz CT molecular complexity index is 229. The van der Waals surface area contributed by atoms with E-state index in [1.165, 1.54) is 0 Å². The van der Waals surface area contributed by atoms with Crippen LogP contribution in [0.1, 0.15) is 27.2 Å². The van der Waals surface area contributed by atoms with Crippen molar-refractivity contribution in [2.45, 2.75) is 27.2 Å². The second-order valence-corrected chi connectivity index (χ2v) is 4.73. The quantitative estimate of drug-likeness (QED) is 0.715. The van der Waals surface area contributed by atoms with Crippen LogP contribution in [0.4, 0.5) is 0 Å². The zero-order chi connectivity index (χ0) is 12.7. The van der Waals surface area contributed by atoms with Gasteiger partial charge in [-0.25, -0.2) is 0 Å². The smallest absolute Gasteiger partial charge is 0.219 e. The Kier molecular flexibility index (Phi) is 6.52. The Morgan fingerprint density at radius 2 is 1.82 bits per heavy atom. The van der Waals surface area contributed by atoms with Gasteiger partial charge in [0.15, 0.2) is 0 Å². The van der Waals surface area contributed by atoms with Gasteiger partial charge in [-0.15, -0.1) is 0 Å². The third-order valence-corrected chi connectivity index (χ3v) is 3.66. The largest absolute Gasteiger partial charge is 0.342 e. The van der Waals surface area contributed by atoms with E-state index in [-0.39, 0.29) is 5.91 Å². The lowest BCUT2D eigenvalue weighted by molar-refractivity contribution is -0.128. The number of amides is 1. The summed E-state index contributed by atoms with van der Waals surface area (Å²) in [6.07, 6.45) is 1.11. The lowest BCUT2D eigenvalue weighted by Gasteiger charge is -2.25. The molecule has 0 radical (unpaired) electrons. The zero-order valence-corrected chi connectivity index (χ0v) is 11.6. The monoisotopic (exact) mass is 241 g/mol. The van der Waals surface area contributed by atoms with Crippen molar-refractivity contribution in [3.8, 4) is 0 Å². The third kappa shape index (κ3) is 5.04. The van der Waals surface area contributed by atoms with Crippen LogP contribution in [0.15, 0.2) is 0 Å². The van der Waals surface area contributed by atoms with E-state index >= 15 is 0 Å². The topological polar surface area (TPSA) is 26.8 Å². The van der Waals surface area contributed by atoms with Crippen molar-refractivity contribution in [3.63, 3.8) is 0 Å². The van der Waals surface area contributed by atoms with Gasteiger partial charge in [-0.1, -0.05) is 13.8 Å². The van der Waals surface area contributed by atoms with E-state index in [0.717, 1.165) is 58.8 Å². The lowest BCUT2D eigenvalue weighted by Crippen LogP contribution is -2.38. The van der Waals surface area contributed by atoms with Crippen LogP contribution in [-0.2, 0) is 4.79 Å². The first-order valence-electron chi connectivity index (χ1n) is 6.87. The van der Waals surface area contributed by atoms with Crippen molar-refractivity contribution in [2.75, 3.05) is 52.4 Å². The van der Waals surface area contributed by atoms with Crippen molar-refractivity contribution in [3.05, 3.63) is 0 Å². The number of hydrogen-bond acceptors (Lipinski definition) is 3. The molecule has 0 aliphatic carbocycles. The van der Waals surface area contributed by atoms with Crippen LogP contribution < -0.4 is 0 Å². The molecule has 0 saturated carbocycles. The normalized spacial score (nSPS) is 18.5. The Morgan fingerprint density at radius 3 is 2.41 bits per heavy atom. The highest BCUT2D eigenvalue weighted by Crippen LogP contribution is 2.03. The molecule has 4 nitrogen and oxygen atoms in total. The maximum absolute atomic E-state index is 11.3. The zero-order valence-electron chi connectivity index (χ0n) is 11.6. The summed E-state index contributed by atoms with van der Waals surface area (Å²) in [7, 11) is 0. The summed E-state index contributed by atoms with van der Waals surface area (Å²) in [5.74, 6) is 0.218. The van der Waals surface area contributed by atoms with Crippen LogP contribution in [0.25, 0.3) is 0 Å². The van der Waals surface area contributed by atoms with E-state index in [9.17, 15) is 4.79 Å². The predicted octanol–water partition coefficient (Wildman–Crippen LogP) is 0.882. The van der Waals surface area contributed by atoms with Crippen LogP contribution >= 0.6 is 0 Å². The van der Waals surface area contributed by atoms with Crippen LogP contribution in [0, 0.1) is 0 Å². The summed E-state index contributed by atoms with van der Waals surface area (Å²) >= 11 is 0. The van der Waals surface area contributed by atoms with Crippen molar-refractivity contribution in [1.82, 2.24) is 14.7 Å². The maximum atomic E-state index is 11.3. The average Bonchev–Trinajstić information content (AvgIpc) is 2.56. The first kappa shape index (κ1) is 14.5. The van der Waals surface area contributed by atoms with Gasteiger partial charge in [0, 0.05) is 39.6 Å². The van der Waals surface area contributed by atoms with E-state index in [1.54, 1.807) is 6.92 Å². The average molecular weight is 241 g/mol. The molecule has 0 unspecified atom stereocenters. The summed E-state index contributed by atoms with van der Waals surface area (Å²) in [6.45, 7) is 14.6. The highest BCUT2D eigenvalue weighted by molar-refractivity contribution is 5.73. The van der Waals surface area contributed by atoms with Gasteiger partial charge in [0.1, 0.15) is 0 Å². The number of nitrogens with zero attached hydrogens (tertiary/aromatic N) is 3. The molecule has 1 fully saturated rings. The molecule has 0 aromatic carbocycles. The number of likely N-dealkylation sites (N-methyl/N-ethyl adjacent to an activating group) is 1. The molecule has 17 heavy (non-hydrogen) atoms. The number of rotatable bonds is 5. The molecule has 0 bridgehead atoms. The van der Waals surface area contributed by atoms with Crippen LogP contribution in [0.3, 0.4) is 0 Å². The molecule has 0 atom stereocenters. The van der Waals surface area contributed by atoms with Gasteiger partial charge in [0.25, 0.3) is 0 Å². The minimum atomic E-state index is 0.218. The standard InChI is InChI=1S/C13H27N3O/c1-4-14(5-2)9-10-15-7-6-8-16(12-11-15)13(3)17/h4-12H2,1-3H3. The highest BCUT2D eigenvalue weighted by Gasteiger charge is 2.16. The van der Waals surface area contributed by atoms with E-state index in [0.29, 0.717) is 0 Å². The molecule has 1 rings (SSSR count). The second-order valence-electron chi connectivity index (χ2n) is 4.73. The molecular weight excluding hydrogens is 214 g/mol. The van der Waals surface area contributed by atoms with E-state index < -0.39 is 0 Å². The number of hydrogen-bond donors (Lipinski definition) is 0. The molecular formula is C13H27N3O. The van der Waals surface area contributed by atoms with Gasteiger partial charge in [-0.3, -0.25) is 4.79 Å². The van der Waals surface area contributed by atoms with Crippen LogP contribution in [0.2, 0.25) is 0 Å². The fourth-order valence-corrected chi connectivity index (χ4v) is 2.33. The summed E-state index contributed by atoms with van der Waals surface area (Å²) in [5.41, 5.74) is 0. The number of carbonyl (C=O) groups excluding carboxylic acids is 1. The first-order valence-corrected chi connectivity index (χ1v) is 6.87. The minimum absolute atomic E-state index is 0.218. The Hall–Kier alpha value is -0.610.